The third-order valence-corrected chi connectivity index (χ3v) is 17.4. The smallest absolute Gasteiger partial charge is 0.358 e. The number of aromatic carboxylic acids is 2. The number of nitro groups is 1. The number of anilines is 1. The number of nitrogens with zero attached hydrogens (tertiary/aromatic N) is 11. The van der Waals surface area contributed by atoms with Crippen LogP contribution >= 0.6 is 24.1 Å². The van der Waals surface area contributed by atoms with E-state index in [0.29, 0.717) is 48.5 Å². The fraction of sp³-hybridized carbons (Fsp3) is 0. The van der Waals surface area contributed by atoms with Crippen LogP contribution in [0.4, 0.5) is 56.9 Å². The van der Waals surface area contributed by atoms with Gasteiger partial charge >= 0.3 is 11.9 Å². The molecule has 0 aliphatic rings. The number of aromatic nitrogens is 2. The monoisotopic (exact) mass is 1420 g/mol. The van der Waals surface area contributed by atoms with E-state index in [4.69, 9.17) is 16.2 Å². The summed E-state index contributed by atoms with van der Waals surface area (Å²) in [5.41, 5.74) is -4.82. The van der Waals surface area contributed by atoms with Gasteiger partial charge in [-0.05, 0) is 78.2 Å². The van der Waals surface area contributed by atoms with E-state index < -0.39 is 198 Å². The van der Waals surface area contributed by atoms with Crippen LogP contribution in [0, 0.1) is 10.1 Å². The van der Waals surface area contributed by atoms with Crippen molar-refractivity contribution in [1.82, 2.24) is 9.78 Å². The lowest BCUT2D eigenvalue weighted by molar-refractivity contribution is -0.432. The summed E-state index contributed by atoms with van der Waals surface area (Å²) in [6, 6.07) is 9.74. The number of benzene rings is 7. The largest absolute Gasteiger partial charge is 0.505 e. The van der Waals surface area contributed by atoms with Gasteiger partial charge in [0.1, 0.15) is 53.7 Å². The highest BCUT2D eigenvalue weighted by molar-refractivity contribution is 7.95. The highest BCUT2D eigenvalue weighted by Crippen LogP contribution is 2.51. The second-order valence-electron chi connectivity index (χ2n) is 17.3. The van der Waals surface area contributed by atoms with Crippen molar-refractivity contribution in [3.8, 4) is 23.1 Å². The molecule has 0 atom stereocenters. The Morgan fingerprint density at radius 3 is 1.70 bits per heavy atom. The molecule has 0 saturated heterocycles. The number of hydrogen-bond donors (Lipinski definition) is 13. The third kappa shape index (κ3) is 14.4. The molecule has 1 aromatic heterocycles. The molecule has 0 bridgehead atoms. The van der Waals surface area contributed by atoms with Crippen LogP contribution in [-0.4, -0.2) is 128 Å². The Bertz CT molecular complexity index is 5220. The van der Waals surface area contributed by atoms with Crippen molar-refractivity contribution in [2.75, 3.05) is 5.73 Å². The van der Waals surface area contributed by atoms with Gasteiger partial charge in [0.15, 0.2) is 17.2 Å². The summed E-state index contributed by atoms with van der Waals surface area (Å²) in [7, 11) is -26.8. The minimum absolute atomic E-state index is 0.00179. The summed E-state index contributed by atoms with van der Waals surface area (Å²) < 4.78 is 184. The molecule has 0 saturated carbocycles. The number of nitro benzene ring substituents is 1. The van der Waals surface area contributed by atoms with E-state index in [9.17, 15) is 110 Å². The highest BCUT2D eigenvalue weighted by atomic mass is 32.2. The highest BCUT2D eigenvalue weighted by Gasteiger charge is 2.31. The summed E-state index contributed by atoms with van der Waals surface area (Å²) >= 11 is -0.0702. The number of carboxylic acid groups (broad SMARTS) is 2. The summed E-state index contributed by atoms with van der Waals surface area (Å²) in [6.07, 6.45) is 0. The SMILES string of the molecule is Nc1c(N=Nc2ccc3c(O)c(N=Nc4cc(S(=O)(=O)O)c(N=Nc5c(C(=O)O)nn(-c6ccc(S(=O)(=O)O)cc6C(=O)O)c5O)cc4SOOO)c(S(=O)(=O)O)cc3c2)cc(S(=O)(=O)O)c2cc(SOOO)c(N=Nc3ccc([N+](=O)[O-])cc3S(=O)(=O)O)c(O)c12. The third-order valence-electron chi connectivity index (χ3n) is 11.8. The molecular formula is C43H28N12O30S7. The first-order valence-corrected chi connectivity index (χ1v) is 31.7. The van der Waals surface area contributed by atoms with E-state index in [1.54, 1.807) is 0 Å². The van der Waals surface area contributed by atoms with E-state index in [-0.39, 0.29) is 45.2 Å². The maximum atomic E-state index is 12.9. The second-order valence-corrected chi connectivity index (χ2v) is 25.8. The fourth-order valence-electron chi connectivity index (χ4n) is 7.90. The molecule has 482 valence electrons. The maximum absolute atomic E-state index is 12.9. The first-order chi connectivity index (χ1) is 42.8. The summed E-state index contributed by atoms with van der Waals surface area (Å²) in [6.45, 7) is 0. The van der Waals surface area contributed by atoms with Crippen LogP contribution in [0.15, 0.2) is 160 Å². The first-order valence-electron chi connectivity index (χ1n) is 23.0. The number of non-ortho nitro benzene ring substituents is 1. The van der Waals surface area contributed by atoms with Crippen molar-refractivity contribution >= 4 is 165 Å². The average Bonchev–Trinajstić information content (AvgIpc) is 0.826. The van der Waals surface area contributed by atoms with Crippen LogP contribution < -0.4 is 5.73 Å². The lowest BCUT2D eigenvalue weighted by Gasteiger charge is -2.14. The van der Waals surface area contributed by atoms with Crippen molar-refractivity contribution in [2.45, 2.75) is 34.3 Å². The van der Waals surface area contributed by atoms with Gasteiger partial charge in [-0.2, -0.15) is 57.0 Å². The number of carboxylic acids is 2. The van der Waals surface area contributed by atoms with Gasteiger partial charge in [-0.1, -0.05) is 10.1 Å². The molecule has 8 aromatic rings. The van der Waals surface area contributed by atoms with Crippen molar-refractivity contribution in [3.05, 3.63) is 106 Å². The number of carbonyl (C=O) groups is 2. The summed E-state index contributed by atoms with van der Waals surface area (Å²) in [4.78, 5) is 27.7. The molecule has 92 heavy (non-hydrogen) atoms. The number of nitrogens with two attached hydrogens (primary N) is 1. The predicted octanol–water partition coefficient (Wildman–Crippen LogP) is 8.93. The van der Waals surface area contributed by atoms with Crippen LogP contribution in [-0.2, 0) is 69.3 Å². The zero-order valence-electron chi connectivity index (χ0n) is 43.7. The molecule has 7 aromatic carbocycles. The standard InChI is InChI=1S/C43H28N12O30S7/c44-34-25(14-29(89(70,71)72)21-11-28(87-85-83-66)35(40(57)33(21)34)50-46-22-5-2-17(55(63)64)9-30(22)90(73,74)75)49-45-16-1-4-19-15(7-16)8-32(92(79,80)81)36(39(19)56)51-47-23-13-31(91(76,77)78)24(12-27(23)86-84-82-65)48-52-37-38(43(61)62)53-54(41(37)58)26-6-3-18(88(67,68)69)10-20(26)42(59)60/h1-14,56-58,65-66H,44H2,(H,59,60)(H,61,62)(H,67,68,69)(H,70,71,72)(H,73,74,75)(H,76,77,78)(H,79,80,81). The van der Waals surface area contributed by atoms with Crippen LogP contribution in [0.2, 0.25) is 0 Å². The van der Waals surface area contributed by atoms with E-state index >= 15 is 0 Å². The van der Waals surface area contributed by atoms with Crippen LogP contribution in [0.1, 0.15) is 20.8 Å². The molecule has 0 amide bonds. The number of hydrogen-bond acceptors (Lipinski definition) is 35. The van der Waals surface area contributed by atoms with Crippen LogP contribution in [0.3, 0.4) is 0 Å². The average molecular weight is 1420 g/mol. The molecule has 0 aliphatic carbocycles. The number of fused-ring (bicyclic) bond motifs is 2. The normalized spacial score (nSPS) is 12.8. The Balaban J connectivity index is 1.20. The molecule has 0 spiro atoms. The number of phenolic OH excluding ortho intramolecular Hbond substituents is 2. The van der Waals surface area contributed by atoms with Gasteiger partial charge in [0.25, 0.3) is 56.3 Å². The van der Waals surface area contributed by atoms with Gasteiger partial charge < -0.3 is 31.3 Å². The van der Waals surface area contributed by atoms with Gasteiger partial charge in [-0.3, -0.25) is 32.9 Å². The Morgan fingerprint density at radius 1 is 0.543 bits per heavy atom. The zero-order valence-corrected chi connectivity index (χ0v) is 49.4. The fourth-order valence-corrected chi connectivity index (χ4v) is 12.0. The minimum Gasteiger partial charge on any atom is -0.505 e. The number of rotatable bonds is 23. The Hall–Kier alpha value is -9.78. The van der Waals surface area contributed by atoms with Gasteiger partial charge in [0.2, 0.25) is 11.6 Å². The van der Waals surface area contributed by atoms with E-state index in [1.807, 2.05) is 0 Å². The second kappa shape index (κ2) is 25.8. The maximum Gasteiger partial charge on any atom is 0.358 e. The molecule has 8 rings (SSSR count). The number of azo groups is 4. The van der Waals surface area contributed by atoms with Gasteiger partial charge in [-0.25, -0.2) is 20.1 Å². The van der Waals surface area contributed by atoms with Gasteiger partial charge in [0.05, 0.1) is 71.7 Å². The lowest BCUT2D eigenvalue weighted by Crippen LogP contribution is -2.10. The Labute approximate surface area is 516 Å². The molecule has 49 heteroatoms. The topological polar surface area (TPSA) is 670 Å². The Morgan fingerprint density at radius 2 is 1.11 bits per heavy atom. The van der Waals surface area contributed by atoms with Crippen LogP contribution in [0.25, 0.3) is 27.2 Å². The van der Waals surface area contributed by atoms with Crippen LogP contribution in [0.5, 0.6) is 17.4 Å². The van der Waals surface area contributed by atoms with Crippen molar-refractivity contribution < 1.29 is 134 Å². The van der Waals surface area contributed by atoms with E-state index in [1.165, 1.54) is 0 Å². The minimum atomic E-state index is -5.57. The molecular weight excluding hydrogens is 1390 g/mol. The first kappa shape index (κ1) is 68.1. The number of aromatic hydroxyl groups is 3. The molecule has 0 aliphatic heterocycles. The van der Waals surface area contributed by atoms with Crippen molar-refractivity contribution in [2.24, 2.45) is 40.9 Å². The van der Waals surface area contributed by atoms with Gasteiger partial charge in [-0.15, -0.1) is 44.5 Å². The summed E-state index contributed by atoms with van der Waals surface area (Å²) in [5, 5.41) is 121. The zero-order chi connectivity index (χ0) is 67.9. The molecule has 42 nitrogen and oxygen atoms in total. The van der Waals surface area contributed by atoms with Crippen molar-refractivity contribution in [1.29, 1.82) is 0 Å². The quantitative estimate of drug-likeness (QED) is 0.00540. The van der Waals surface area contributed by atoms with Crippen molar-refractivity contribution in [3.63, 3.8) is 0 Å². The molecule has 1 heterocycles. The van der Waals surface area contributed by atoms with Gasteiger partial charge in [0, 0.05) is 22.9 Å². The summed E-state index contributed by atoms with van der Waals surface area (Å²) in [5.74, 6) is -7.52. The lowest BCUT2D eigenvalue weighted by atomic mass is 10.0. The molecule has 0 unspecified atom stereocenters. The molecule has 0 fully saturated rings. The van der Waals surface area contributed by atoms with E-state index in [2.05, 4.69) is 64.8 Å². The van der Waals surface area contributed by atoms with E-state index in [0.717, 1.165) is 36.4 Å². The predicted molar refractivity (Wildman–Crippen MR) is 301 cm³/mol. The number of phenols is 2. The molecule has 0 radical (unpaired) electrons. The Kier molecular flexibility index (Phi) is 19.1. The number of nitrogen functional groups attached to an aromatic ring is 1. The molecule has 14 N–H and O–H groups in total.